The molecule has 0 spiro atoms. The van der Waals surface area contributed by atoms with E-state index in [4.69, 9.17) is 0 Å². The first-order chi connectivity index (χ1) is 11.3. The van der Waals surface area contributed by atoms with Crippen LogP contribution >= 0.6 is 11.8 Å². The molecule has 0 unspecified atom stereocenters. The van der Waals surface area contributed by atoms with Crippen LogP contribution in [-0.2, 0) is 14.8 Å². The van der Waals surface area contributed by atoms with E-state index in [1.807, 2.05) is 0 Å². The Bertz CT molecular complexity index is 810. The van der Waals surface area contributed by atoms with Gasteiger partial charge in [-0.2, -0.15) is 0 Å². The van der Waals surface area contributed by atoms with Crippen LogP contribution in [0.25, 0.3) is 0 Å². The zero-order chi connectivity index (χ0) is 17.7. The van der Waals surface area contributed by atoms with Gasteiger partial charge in [0, 0.05) is 32.2 Å². The highest BCUT2D eigenvalue weighted by atomic mass is 32.2. The number of thioether (sulfide) groups is 1. The number of rotatable bonds is 6. The summed E-state index contributed by atoms with van der Waals surface area (Å²) in [5.41, 5.74) is 0.421. The topological polar surface area (TPSA) is 92.3 Å². The second-order valence-electron chi connectivity index (χ2n) is 5.10. The van der Waals surface area contributed by atoms with Crippen LogP contribution in [0.4, 0.5) is 5.69 Å². The minimum atomic E-state index is -3.55. The third-order valence-corrected chi connectivity index (χ3v) is 5.87. The number of amides is 1. The van der Waals surface area contributed by atoms with Crippen molar-refractivity contribution in [3.63, 3.8) is 0 Å². The number of benzene rings is 1. The Morgan fingerprint density at radius 3 is 2.50 bits per heavy atom. The highest BCUT2D eigenvalue weighted by molar-refractivity contribution is 8.00. The molecular formula is C15H18N4O3S2. The smallest absolute Gasteiger partial charge is 0.242 e. The van der Waals surface area contributed by atoms with Crippen molar-refractivity contribution < 1.29 is 13.2 Å². The molecule has 2 aromatic rings. The van der Waals surface area contributed by atoms with E-state index in [9.17, 15) is 13.2 Å². The second-order valence-corrected chi connectivity index (χ2v) is 8.56. The number of hydrogen-bond donors (Lipinski definition) is 1. The van der Waals surface area contributed by atoms with E-state index in [1.165, 1.54) is 38.0 Å². The summed E-state index contributed by atoms with van der Waals surface area (Å²) in [4.78, 5) is 20.5. The largest absolute Gasteiger partial charge is 0.325 e. The Hall–Kier alpha value is -1.97. The molecule has 1 amide bonds. The van der Waals surface area contributed by atoms with Gasteiger partial charge in [0.25, 0.3) is 0 Å². The summed E-state index contributed by atoms with van der Waals surface area (Å²) in [6, 6.07) is 7.85. The fourth-order valence-electron chi connectivity index (χ4n) is 1.75. The summed E-state index contributed by atoms with van der Waals surface area (Å²) in [6.07, 6.45) is 3.21. The predicted octanol–water partition coefficient (Wildman–Crippen LogP) is 1.85. The number of nitrogens with one attached hydrogen (secondary N) is 1. The number of aromatic nitrogens is 2. The lowest BCUT2D eigenvalue weighted by molar-refractivity contribution is -0.115. The maximum atomic E-state index is 12.3. The van der Waals surface area contributed by atoms with Crippen LogP contribution < -0.4 is 5.32 Å². The number of carbonyl (C=O) groups excluding carboxylic acids is 1. The van der Waals surface area contributed by atoms with Crippen LogP contribution in [0.2, 0.25) is 0 Å². The van der Waals surface area contributed by atoms with Gasteiger partial charge >= 0.3 is 0 Å². The second kappa shape index (κ2) is 7.73. The van der Waals surface area contributed by atoms with Gasteiger partial charge in [0.1, 0.15) is 0 Å². The molecule has 1 aromatic heterocycles. The summed E-state index contributed by atoms with van der Waals surface area (Å²) in [7, 11) is -0.632. The molecule has 2 rings (SSSR count). The number of anilines is 1. The van der Waals surface area contributed by atoms with Gasteiger partial charge in [-0.05, 0) is 31.2 Å². The highest BCUT2D eigenvalue weighted by Crippen LogP contribution is 2.22. The minimum Gasteiger partial charge on any atom is -0.325 e. The van der Waals surface area contributed by atoms with Crippen LogP contribution in [0.3, 0.4) is 0 Å². The summed E-state index contributed by atoms with van der Waals surface area (Å²) in [5.74, 6) is -0.258. The normalized spacial score (nSPS) is 12.8. The molecule has 128 valence electrons. The summed E-state index contributed by atoms with van der Waals surface area (Å²) in [5, 5.41) is 2.79. The first-order valence-electron chi connectivity index (χ1n) is 7.08. The fraction of sp³-hybridized carbons (Fsp3) is 0.267. The van der Waals surface area contributed by atoms with Crippen molar-refractivity contribution in [3.8, 4) is 0 Å². The average Bonchev–Trinajstić information content (AvgIpc) is 2.55. The lowest BCUT2D eigenvalue weighted by atomic mass is 10.3. The van der Waals surface area contributed by atoms with E-state index in [2.05, 4.69) is 15.3 Å². The van der Waals surface area contributed by atoms with E-state index in [0.29, 0.717) is 10.8 Å². The summed E-state index contributed by atoms with van der Waals surface area (Å²) >= 11 is 1.22. The SMILES string of the molecule is C[C@@H](Sc1ncccn1)C(=O)Nc1cccc(S(=O)(=O)N(C)C)c1. The third-order valence-electron chi connectivity index (χ3n) is 3.07. The molecule has 0 saturated carbocycles. The maximum absolute atomic E-state index is 12.3. The molecule has 0 bridgehead atoms. The van der Waals surface area contributed by atoms with E-state index in [1.54, 1.807) is 37.5 Å². The van der Waals surface area contributed by atoms with Gasteiger partial charge in [0.2, 0.25) is 15.9 Å². The van der Waals surface area contributed by atoms with Gasteiger partial charge in [-0.1, -0.05) is 17.8 Å². The van der Waals surface area contributed by atoms with Crippen LogP contribution in [-0.4, -0.2) is 47.9 Å². The Morgan fingerprint density at radius 1 is 1.21 bits per heavy atom. The number of carbonyl (C=O) groups is 1. The quantitative estimate of drug-likeness (QED) is 0.619. The third kappa shape index (κ3) is 4.53. The molecule has 0 radical (unpaired) electrons. The van der Waals surface area contributed by atoms with Crippen molar-refractivity contribution in [1.82, 2.24) is 14.3 Å². The first kappa shape index (κ1) is 18.4. The first-order valence-corrected chi connectivity index (χ1v) is 9.40. The number of hydrogen-bond acceptors (Lipinski definition) is 6. The average molecular weight is 366 g/mol. The molecular weight excluding hydrogens is 348 g/mol. The van der Waals surface area contributed by atoms with Crippen LogP contribution in [0, 0.1) is 0 Å². The van der Waals surface area contributed by atoms with Crippen LogP contribution in [0.5, 0.6) is 0 Å². The lowest BCUT2D eigenvalue weighted by Gasteiger charge is -2.14. The van der Waals surface area contributed by atoms with Crippen molar-refractivity contribution in [1.29, 1.82) is 0 Å². The monoisotopic (exact) mass is 366 g/mol. The summed E-state index contributed by atoms with van der Waals surface area (Å²) in [6.45, 7) is 1.73. The van der Waals surface area contributed by atoms with Crippen molar-refractivity contribution in [2.75, 3.05) is 19.4 Å². The maximum Gasteiger partial charge on any atom is 0.242 e. The molecule has 1 heterocycles. The van der Waals surface area contributed by atoms with Crippen molar-refractivity contribution in [2.24, 2.45) is 0 Å². The Balaban J connectivity index is 2.09. The van der Waals surface area contributed by atoms with Crippen molar-refractivity contribution in [3.05, 3.63) is 42.7 Å². The Labute approximate surface area is 145 Å². The molecule has 1 aromatic carbocycles. The Morgan fingerprint density at radius 2 is 1.88 bits per heavy atom. The lowest BCUT2D eigenvalue weighted by Crippen LogP contribution is -2.24. The van der Waals surface area contributed by atoms with Gasteiger partial charge in [-0.15, -0.1) is 0 Å². The van der Waals surface area contributed by atoms with E-state index in [-0.39, 0.29) is 10.8 Å². The minimum absolute atomic E-state index is 0.122. The van der Waals surface area contributed by atoms with Gasteiger partial charge in [0.05, 0.1) is 10.1 Å². The zero-order valence-corrected chi connectivity index (χ0v) is 15.1. The van der Waals surface area contributed by atoms with E-state index in [0.717, 1.165) is 4.31 Å². The van der Waals surface area contributed by atoms with Crippen LogP contribution in [0.15, 0.2) is 52.8 Å². The van der Waals surface area contributed by atoms with Crippen LogP contribution in [0.1, 0.15) is 6.92 Å². The van der Waals surface area contributed by atoms with Crippen molar-refractivity contribution in [2.45, 2.75) is 22.2 Å². The Kier molecular flexibility index (Phi) is 5.92. The number of nitrogens with zero attached hydrogens (tertiary/aromatic N) is 3. The predicted molar refractivity (Wildman–Crippen MR) is 93.3 cm³/mol. The van der Waals surface area contributed by atoms with Crippen molar-refractivity contribution >= 4 is 33.4 Å². The summed E-state index contributed by atoms with van der Waals surface area (Å²) < 4.78 is 25.4. The molecule has 0 aliphatic carbocycles. The molecule has 24 heavy (non-hydrogen) atoms. The molecule has 1 atom stereocenters. The molecule has 9 heteroatoms. The molecule has 0 fully saturated rings. The van der Waals surface area contributed by atoms with Gasteiger partial charge < -0.3 is 5.32 Å². The van der Waals surface area contributed by atoms with E-state index >= 15 is 0 Å². The van der Waals surface area contributed by atoms with Gasteiger partial charge in [0.15, 0.2) is 5.16 Å². The number of sulfonamides is 1. The molecule has 7 nitrogen and oxygen atoms in total. The fourth-order valence-corrected chi connectivity index (χ4v) is 3.42. The zero-order valence-electron chi connectivity index (χ0n) is 13.5. The molecule has 1 N–H and O–H groups in total. The standard InChI is InChI=1S/C15H18N4O3S2/c1-11(23-15-16-8-5-9-17-15)14(20)18-12-6-4-7-13(10-12)24(21,22)19(2)3/h4-11H,1-3H3,(H,18,20)/t11-/m1/s1. The van der Waals surface area contributed by atoms with Gasteiger partial charge in [-0.25, -0.2) is 22.7 Å². The molecule has 0 saturated heterocycles. The highest BCUT2D eigenvalue weighted by Gasteiger charge is 2.19. The molecule has 0 aliphatic heterocycles. The van der Waals surface area contributed by atoms with E-state index < -0.39 is 15.3 Å². The van der Waals surface area contributed by atoms with Gasteiger partial charge in [-0.3, -0.25) is 4.79 Å². The molecule has 0 aliphatic rings.